The molecule has 0 fully saturated rings. The second kappa shape index (κ2) is 14.5. The molecule has 0 aliphatic heterocycles. The topological polar surface area (TPSA) is 39.5 Å². The van der Waals surface area contributed by atoms with Crippen LogP contribution < -0.4 is 14.4 Å². The molecule has 5 nitrogen and oxygen atoms in total. The van der Waals surface area contributed by atoms with Gasteiger partial charge in [-0.2, -0.15) is 0 Å². The second-order valence-corrected chi connectivity index (χ2v) is 15.1. The molecular weight excluding hydrogens is 735 g/mol. The predicted molar refractivity (Wildman–Crippen MR) is 249 cm³/mol. The Balaban J connectivity index is 0.977. The number of rotatable bonds is 9. The standard InChI is InChI=1S/C55H39N3O2/c1-59-45-28-24-43(25-29-45)57(44-26-30-46(60-2)31-27-44)42-22-16-37(17-23-42)48-33-19-39-20-34-49-47(32-18-38-21-35-50(48)54(39)53(38)49)36-12-14-40(15-13-36)55-56-51-10-6-7-11-52(51)58(55)41-8-4-3-5-9-41/h3-35H,1-2H3. The van der Waals surface area contributed by atoms with E-state index in [1.54, 1.807) is 14.2 Å². The normalized spacial score (nSPS) is 11.5. The number of aromatic nitrogens is 2. The molecule has 286 valence electrons. The fourth-order valence-electron chi connectivity index (χ4n) is 8.86. The minimum absolute atomic E-state index is 0.819. The van der Waals surface area contributed by atoms with Gasteiger partial charge in [0.25, 0.3) is 0 Å². The van der Waals surface area contributed by atoms with Gasteiger partial charge in [-0.1, -0.05) is 115 Å². The van der Waals surface area contributed by atoms with Crippen LogP contribution in [0.3, 0.4) is 0 Å². The van der Waals surface area contributed by atoms with Crippen LogP contribution in [0.5, 0.6) is 11.5 Å². The van der Waals surface area contributed by atoms with E-state index in [2.05, 4.69) is 179 Å². The molecular formula is C55H39N3O2. The number of hydrogen-bond donors (Lipinski definition) is 0. The molecule has 0 spiro atoms. The molecule has 5 heteroatoms. The first-order valence-corrected chi connectivity index (χ1v) is 20.2. The van der Waals surface area contributed by atoms with E-state index in [-0.39, 0.29) is 0 Å². The first-order chi connectivity index (χ1) is 29.6. The van der Waals surface area contributed by atoms with Gasteiger partial charge in [0.2, 0.25) is 0 Å². The van der Waals surface area contributed by atoms with Gasteiger partial charge in [-0.3, -0.25) is 4.57 Å². The first kappa shape index (κ1) is 35.3. The van der Waals surface area contributed by atoms with Crippen molar-refractivity contribution in [2.75, 3.05) is 19.1 Å². The Labute approximate surface area is 348 Å². The van der Waals surface area contributed by atoms with E-state index in [9.17, 15) is 0 Å². The molecule has 1 aromatic heterocycles. The second-order valence-electron chi connectivity index (χ2n) is 15.1. The molecule has 0 atom stereocenters. The smallest absolute Gasteiger partial charge is 0.145 e. The molecule has 0 aliphatic carbocycles. The molecule has 11 aromatic rings. The Morgan fingerprint density at radius 3 is 1.40 bits per heavy atom. The average molecular weight is 774 g/mol. The van der Waals surface area contributed by atoms with E-state index in [4.69, 9.17) is 14.5 Å². The van der Waals surface area contributed by atoms with Crippen molar-refractivity contribution in [1.82, 2.24) is 9.55 Å². The van der Waals surface area contributed by atoms with Crippen LogP contribution in [0.4, 0.5) is 17.1 Å². The highest BCUT2D eigenvalue weighted by molar-refractivity contribution is 6.27. The maximum atomic E-state index is 5.47. The third-order valence-corrected chi connectivity index (χ3v) is 11.8. The van der Waals surface area contributed by atoms with Crippen molar-refractivity contribution in [3.05, 3.63) is 200 Å². The summed E-state index contributed by atoms with van der Waals surface area (Å²) in [6.45, 7) is 0. The van der Waals surface area contributed by atoms with Crippen LogP contribution in [-0.4, -0.2) is 23.8 Å². The highest BCUT2D eigenvalue weighted by Crippen LogP contribution is 2.44. The average Bonchev–Trinajstić information content (AvgIpc) is 3.72. The Kier molecular flexibility index (Phi) is 8.52. The lowest BCUT2D eigenvalue weighted by atomic mass is 9.87. The summed E-state index contributed by atoms with van der Waals surface area (Å²) in [6, 6.07) is 71.2. The number of hydrogen-bond acceptors (Lipinski definition) is 4. The maximum Gasteiger partial charge on any atom is 0.145 e. The van der Waals surface area contributed by atoms with Crippen LogP contribution in [0.1, 0.15) is 0 Å². The van der Waals surface area contributed by atoms with Crippen molar-refractivity contribution in [1.29, 1.82) is 0 Å². The van der Waals surface area contributed by atoms with Gasteiger partial charge in [-0.15, -0.1) is 0 Å². The zero-order valence-corrected chi connectivity index (χ0v) is 33.2. The minimum Gasteiger partial charge on any atom is -0.497 e. The molecule has 0 saturated heterocycles. The predicted octanol–water partition coefficient (Wildman–Crippen LogP) is 14.4. The summed E-state index contributed by atoms with van der Waals surface area (Å²) < 4.78 is 13.2. The molecule has 1 heterocycles. The minimum atomic E-state index is 0.819. The van der Waals surface area contributed by atoms with E-state index in [1.165, 1.54) is 54.6 Å². The number of para-hydroxylation sites is 3. The highest BCUT2D eigenvalue weighted by atomic mass is 16.5. The van der Waals surface area contributed by atoms with Crippen molar-refractivity contribution in [2.45, 2.75) is 0 Å². The van der Waals surface area contributed by atoms with Gasteiger partial charge in [-0.05, 0) is 140 Å². The molecule has 0 saturated carbocycles. The van der Waals surface area contributed by atoms with E-state index >= 15 is 0 Å². The van der Waals surface area contributed by atoms with Gasteiger partial charge < -0.3 is 14.4 Å². The molecule has 11 rings (SSSR count). The van der Waals surface area contributed by atoms with Gasteiger partial charge in [0.05, 0.1) is 25.3 Å². The molecule has 0 amide bonds. The summed E-state index contributed by atoms with van der Waals surface area (Å²) in [5.41, 5.74) is 12.1. The Morgan fingerprint density at radius 1 is 0.417 bits per heavy atom. The number of anilines is 3. The van der Waals surface area contributed by atoms with E-state index in [0.29, 0.717) is 0 Å². The Morgan fingerprint density at radius 2 is 0.867 bits per heavy atom. The lowest BCUT2D eigenvalue weighted by Gasteiger charge is -2.26. The van der Waals surface area contributed by atoms with Gasteiger partial charge in [0, 0.05) is 28.3 Å². The molecule has 10 aromatic carbocycles. The zero-order chi connectivity index (χ0) is 40.2. The number of ether oxygens (including phenoxy) is 2. The monoisotopic (exact) mass is 773 g/mol. The lowest BCUT2D eigenvalue weighted by molar-refractivity contribution is 0.415. The summed E-state index contributed by atoms with van der Waals surface area (Å²) in [4.78, 5) is 7.36. The Bertz CT molecular complexity index is 3250. The molecule has 60 heavy (non-hydrogen) atoms. The fourth-order valence-corrected chi connectivity index (χ4v) is 8.86. The van der Waals surface area contributed by atoms with Crippen LogP contribution in [0.15, 0.2) is 200 Å². The summed E-state index contributed by atoms with van der Waals surface area (Å²) in [5, 5.41) is 7.55. The fraction of sp³-hybridized carbons (Fsp3) is 0.0364. The van der Waals surface area contributed by atoms with Gasteiger partial charge >= 0.3 is 0 Å². The van der Waals surface area contributed by atoms with Gasteiger partial charge in [0.1, 0.15) is 17.3 Å². The van der Waals surface area contributed by atoms with Gasteiger partial charge in [0.15, 0.2) is 0 Å². The maximum absolute atomic E-state index is 5.47. The molecule has 0 unspecified atom stereocenters. The highest BCUT2D eigenvalue weighted by Gasteiger charge is 2.18. The molecule has 0 aliphatic rings. The molecule has 0 bridgehead atoms. The SMILES string of the molecule is COc1ccc(N(c2ccc(OC)cc2)c2ccc(-c3ccc4ccc5c(-c6ccc(-c7nc8ccccc8n7-c7ccccc7)cc6)ccc6ccc3c4c65)cc2)cc1. The van der Waals surface area contributed by atoms with E-state index < -0.39 is 0 Å². The third-order valence-electron chi connectivity index (χ3n) is 11.8. The molecule has 0 N–H and O–H groups in total. The van der Waals surface area contributed by atoms with Crippen molar-refractivity contribution in [2.24, 2.45) is 0 Å². The number of fused-ring (bicyclic) bond motifs is 1. The number of nitrogens with zero attached hydrogens (tertiary/aromatic N) is 3. The third kappa shape index (κ3) is 5.90. The van der Waals surface area contributed by atoms with Crippen molar-refractivity contribution < 1.29 is 9.47 Å². The number of methoxy groups -OCH3 is 2. The van der Waals surface area contributed by atoms with E-state index in [0.717, 1.165) is 56.7 Å². The Hall–Kier alpha value is -7.89. The number of imidazole rings is 1. The van der Waals surface area contributed by atoms with Gasteiger partial charge in [-0.25, -0.2) is 4.98 Å². The first-order valence-electron chi connectivity index (χ1n) is 20.2. The van der Waals surface area contributed by atoms with Crippen molar-refractivity contribution in [3.8, 4) is 50.8 Å². The summed E-state index contributed by atoms with van der Waals surface area (Å²) in [5.74, 6) is 2.57. The van der Waals surface area contributed by atoms with Crippen LogP contribution in [-0.2, 0) is 0 Å². The van der Waals surface area contributed by atoms with Crippen LogP contribution in [0.2, 0.25) is 0 Å². The summed E-state index contributed by atoms with van der Waals surface area (Å²) in [7, 11) is 3.38. The van der Waals surface area contributed by atoms with Crippen molar-refractivity contribution in [3.63, 3.8) is 0 Å². The number of benzene rings is 10. The molecule has 0 radical (unpaired) electrons. The summed E-state index contributed by atoms with van der Waals surface area (Å²) >= 11 is 0. The van der Waals surface area contributed by atoms with Crippen molar-refractivity contribution >= 4 is 60.4 Å². The zero-order valence-electron chi connectivity index (χ0n) is 33.2. The van der Waals surface area contributed by atoms with Crippen LogP contribution in [0, 0.1) is 0 Å². The quantitative estimate of drug-likeness (QED) is 0.137. The van der Waals surface area contributed by atoms with Crippen LogP contribution in [0.25, 0.3) is 82.7 Å². The van der Waals surface area contributed by atoms with Crippen LogP contribution >= 0.6 is 0 Å². The van der Waals surface area contributed by atoms with E-state index in [1.807, 2.05) is 30.3 Å². The summed E-state index contributed by atoms with van der Waals surface area (Å²) in [6.07, 6.45) is 0. The lowest BCUT2D eigenvalue weighted by Crippen LogP contribution is -2.09. The largest absolute Gasteiger partial charge is 0.497 e.